The lowest BCUT2D eigenvalue weighted by atomic mass is 10.1. The standard InChI is InChI=1S/C21H21NO5S/c23-21(9-7-16-6-8-18-19(14-16)27-15-26-18)22-11-10-20(28(24,25)13-12-22)17-4-2-1-3-5-17/h1-9,14,20H,10-13,15H2/b9-7+. The molecule has 0 spiro atoms. The Bertz CT molecular complexity index is 1000. The predicted molar refractivity (Wildman–Crippen MR) is 106 cm³/mol. The first-order valence-corrected chi connectivity index (χ1v) is 10.9. The third-order valence-electron chi connectivity index (χ3n) is 5.04. The van der Waals surface area contributed by atoms with E-state index in [1.807, 2.05) is 42.5 Å². The minimum atomic E-state index is -3.30. The second kappa shape index (κ2) is 7.67. The summed E-state index contributed by atoms with van der Waals surface area (Å²) >= 11 is 0. The Morgan fingerprint density at radius 2 is 1.82 bits per heavy atom. The summed E-state index contributed by atoms with van der Waals surface area (Å²) in [6, 6.07) is 14.7. The monoisotopic (exact) mass is 399 g/mol. The van der Waals surface area contributed by atoms with Gasteiger partial charge in [-0.2, -0.15) is 0 Å². The Morgan fingerprint density at radius 3 is 2.64 bits per heavy atom. The van der Waals surface area contributed by atoms with Crippen LogP contribution in [0, 0.1) is 0 Å². The zero-order valence-corrected chi connectivity index (χ0v) is 16.1. The fourth-order valence-corrected chi connectivity index (χ4v) is 5.29. The van der Waals surface area contributed by atoms with Gasteiger partial charge in [0.25, 0.3) is 0 Å². The zero-order chi connectivity index (χ0) is 19.6. The normalized spacial score (nSPS) is 20.9. The maximum Gasteiger partial charge on any atom is 0.246 e. The van der Waals surface area contributed by atoms with Crippen LogP contribution >= 0.6 is 0 Å². The number of sulfone groups is 1. The van der Waals surface area contributed by atoms with Gasteiger partial charge in [-0.25, -0.2) is 8.42 Å². The summed E-state index contributed by atoms with van der Waals surface area (Å²) in [6.07, 6.45) is 3.58. The largest absolute Gasteiger partial charge is 0.454 e. The van der Waals surface area contributed by atoms with Gasteiger partial charge in [-0.05, 0) is 35.8 Å². The molecular weight excluding hydrogens is 378 g/mol. The van der Waals surface area contributed by atoms with Crippen molar-refractivity contribution in [2.75, 3.05) is 25.6 Å². The highest BCUT2D eigenvalue weighted by Crippen LogP contribution is 2.33. The molecule has 0 radical (unpaired) electrons. The number of hydrogen-bond donors (Lipinski definition) is 0. The Labute approximate surface area is 164 Å². The molecule has 1 amide bonds. The second-order valence-electron chi connectivity index (χ2n) is 6.83. The van der Waals surface area contributed by atoms with Crippen molar-refractivity contribution in [3.8, 4) is 11.5 Å². The molecule has 1 fully saturated rings. The van der Waals surface area contributed by atoms with E-state index < -0.39 is 15.1 Å². The van der Waals surface area contributed by atoms with Gasteiger partial charge in [0.2, 0.25) is 12.7 Å². The van der Waals surface area contributed by atoms with Gasteiger partial charge in [0, 0.05) is 19.2 Å². The molecule has 0 saturated carbocycles. The predicted octanol–water partition coefficient (Wildman–Crippen LogP) is 2.82. The van der Waals surface area contributed by atoms with Crippen LogP contribution in [0.15, 0.2) is 54.6 Å². The molecule has 2 aliphatic heterocycles. The van der Waals surface area contributed by atoms with E-state index in [4.69, 9.17) is 9.47 Å². The smallest absolute Gasteiger partial charge is 0.246 e. The van der Waals surface area contributed by atoms with Crippen LogP contribution in [0.3, 0.4) is 0 Å². The van der Waals surface area contributed by atoms with E-state index in [0.29, 0.717) is 24.5 Å². The summed E-state index contributed by atoms with van der Waals surface area (Å²) in [5.41, 5.74) is 1.61. The van der Waals surface area contributed by atoms with Crippen molar-refractivity contribution in [3.05, 3.63) is 65.7 Å². The van der Waals surface area contributed by atoms with Crippen molar-refractivity contribution in [1.29, 1.82) is 0 Å². The Morgan fingerprint density at radius 1 is 1.04 bits per heavy atom. The van der Waals surface area contributed by atoms with Crippen molar-refractivity contribution in [2.45, 2.75) is 11.7 Å². The fraction of sp³-hybridized carbons (Fsp3) is 0.286. The average Bonchev–Trinajstić information content (AvgIpc) is 3.10. The number of benzene rings is 2. The van der Waals surface area contributed by atoms with Gasteiger partial charge >= 0.3 is 0 Å². The molecule has 0 aromatic heterocycles. The van der Waals surface area contributed by atoms with Gasteiger partial charge < -0.3 is 14.4 Å². The van der Waals surface area contributed by atoms with Crippen molar-refractivity contribution >= 4 is 21.8 Å². The first kappa shape index (κ1) is 18.6. The summed E-state index contributed by atoms with van der Waals surface area (Å²) in [4.78, 5) is 14.2. The van der Waals surface area contributed by atoms with E-state index in [0.717, 1.165) is 11.1 Å². The molecule has 28 heavy (non-hydrogen) atoms. The lowest BCUT2D eigenvalue weighted by Crippen LogP contribution is -2.32. The Kier molecular flexibility index (Phi) is 5.09. The Balaban J connectivity index is 1.45. The molecule has 0 bridgehead atoms. The van der Waals surface area contributed by atoms with Crippen molar-refractivity contribution in [2.24, 2.45) is 0 Å². The molecular formula is C21H21NO5S. The number of rotatable bonds is 3. The number of fused-ring (bicyclic) bond motifs is 1. The van der Waals surface area contributed by atoms with Crippen LogP contribution in [-0.2, 0) is 14.6 Å². The molecule has 2 heterocycles. The second-order valence-corrected chi connectivity index (χ2v) is 9.13. The molecule has 0 N–H and O–H groups in total. The van der Waals surface area contributed by atoms with Crippen LogP contribution in [0.25, 0.3) is 6.08 Å². The van der Waals surface area contributed by atoms with Gasteiger partial charge in [-0.15, -0.1) is 0 Å². The molecule has 2 aromatic rings. The number of amides is 1. The van der Waals surface area contributed by atoms with E-state index in [2.05, 4.69) is 0 Å². The summed E-state index contributed by atoms with van der Waals surface area (Å²) in [7, 11) is -3.30. The van der Waals surface area contributed by atoms with E-state index >= 15 is 0 Å². The third-order valence-corrected chi connectivity index (χ3v) is 7.16. The third kappa shape index (κ3) is 3.89. The maximum absolute atomic E-state index is 12.7. The van der Waals surface area contributed by atoms with E-state index in [1.54, 1.807) is 17.0 Å². The summed E-state index contributed by atoms with van der Waals surface area (Å²) < 4.78 is 36.0. The van der Waals surface area contributed by atoms with Crippen molar-refractivity contribution in [3.63, 3.8) is 0 Å². The SMILES string of the molecule is O=C(/C=C/c1ccc2c(c1)OCO2)N1CCC(c2ccccc2)S(=O)(=O)CC1. The molecule has 0 aliphatic carbocycles. The van der Waals surface area contributed by atoms with Gasteiger partial charge in [0.15, 0.2) is 21.3 Å². The summed E-state index contributed by atoms with van der Waals surface area (Å²) in [6.45, 7) is 0.811. The average molecular weight is 399 g/mol. The molecule has 2 aliphatic rings. The number of carbonyl (C=O) groups excluding carboxylic acids is 1. The maximum atomic E-state index is 12.7. The fourth-order valence-electron chi connectivity index (χ4n) is 3.50. The molecule has 6 nitrogen and oxygen atoms in total. The molecule has 1 atom stereocenters. The molecule has 146 valence electrons. The highest BCUT2D eigenvalue weighted by molar-refractivity contribution is 7.91. The lowest BCUT2D eigenvalue weighted by molar-refractivity contribution is -0.125. The van der Waals surface area contributed by atoms with E-state index in [1.165, 1.54) is 6.08 Å². The van der Waals surface area contributed by atoms with Crippen LogP contribution in [0.1, 0.15) is 22.8 Å². The number of nitrogens with zero attached hydrogens (tertiary/aromatic N) is 1. The minimum absolute atomic E-state index is 0.0316. The molecule has 7 heteroatoms. The summed E-state index contributed by atoms with van der Waals surface area (Å²) in [5.74, 6) is 1.12. The van der Waals surface area contributed by atoms with Gasteiger partial charge in [-0.3, -0.25) is 4.79 Å². The van der Waals surface area contributed by atoms with Crippen LogP contribution in [0.4, 0.5) is 0 Å². The number of carbonyl (C=O) groups is 1. The number of ether oxygens (including phenoxy) is 2. The van der Waals surface area contributed by atoms with Crippen molar-refractivity contribution < 1.29 is 22.7 Å². The molecule has 1 saturated heterocycles. The lowest BCUT2D eigenvalue weighted by Gasteiger charge is -2.18. The first-order valence-electron chi connectivity index (χ1n) is 9.16. The van der Waals surface area contributed by atoms with Gasteiger partial charge in [0.05, 0.1) is 11.0 Å². The van der Waals surface area contributed by atoms with Gasteiger partial charge in [-0.1, -0.05) is 36.4 Å². The van der Waals surface area contributed by atoms with E-state index in [9.17, 15) is 13.2 Å². The van der Waals surface area contributed by atoms with Crippen LogP contribution in [0.2, 0.25) is 0 Å². The van der Waals surface area contributed by atoms with Crippen LogP contribution in [0.5, 0.6) is 11.5 Å². The zero-order valence-electron chi connectivity index (χ0n) is 15.3. The first-order chi connectivity index (χ1) is 13.5. The van der Waals surface area contributed by atoms with Crippen molar-refractivity contribution in [1.82, 2.24) is 4.90 Å². The van der Waals surface area contributed by atoms with E-state index in [-0.39, 0.29) is 25.0 Å². The van der Waals surface area contributed by atoms with Crippen LogP contribution in [-0.4, -0.2) is 44.9 Å². The summed E-state index contributed by atoms with van der Waals surface area (Å²) in [5, 5.41) is -0.565. The highest BCUT2D eigenvalue weighted by atomic mass is 32.2. The molecule has 1 unspecified atom stereocenters. The quantitative estimate of drug-likeness (QED) is 0.742. The number of hydrogen-bond acceptors (Lipinski definition) is 5. The van der Waals surface area contributed by atoms with Gasteiger partial charge in [0.1, 0.15) is 0 Å². The highest BCUT2D eigenvalue weighted by Gasteiger charge is 2.32. The minimum Gasteiger partial charge on any atom is -0.454 e. The molecule has 2 aromatic carbocycles. The Hall–Kier alpha value is -2.80. The van der Waals surface area contributed by atoms with Crippen LogP contribution < -0.4 is 9.47 Å². The topological polar surface area (TPSA) is 72.9 Å². The molecule has 4 rings (SSSR count).